The third-order valence-electron chi connectivity index (χ3n) is 3.13. The van der Waals surface area contributed by atoms with Crippen LogP contribution in [0.3, 0.4) is 0 Å². The molecule has 1 fully saturated rings. The molecule has 0 bridgehead atoms. The van der Waals surface area contributed by atoms with Crippen LogP contribution in [0.15, 0.2) is 15.4 Å². The number of thioether (sulfide) groups is 1. The molecule has 0 atom stereocenters. The van der Waals surface area contributed by atoms with Gasteiger partial charge < -0.3 is 10.2 Å². The Morgan fingerprint density at radius 1 is 1.53 bits per heavy atom. The maximum Gasteiger partial charge on any atom is 0.246 e. The molecule has 1 aliphatic heterocycles. The lowest BCUT2D eigenvalue weighted by molar-refractivity contribution is 0.386. The van der Waals surface area contributed by atoms with Gasteiger partial charge in [-0.15, -0.1) is 0 Å². The molecular formula is C12H20N2O3S2. The quantitative estimate of drug-likeness (QED) is 0.917. The number of nitrogens with zero attached hydrogens (tertiary/aromatic N) is 1. The van der Waals surface area contributed by atoms with Gasteiger partial charge >= 0.3 is 0 Å². The Kier molecular flexibility index (Phi) is 4.02. The second kappa shape index (κ2) is 5.12. The van der Waals surface area contributed by atoms with E-state index in [0.29, 0.717) is 24.6 Å². The Bertz CT molecular complexity index is 564. The van der Waals surface area contributed by atoms with Crippen LogP contribution in [0, 0.1) is 6.92 Å². The molecule has 1 aromatic heterocycles. The topological polar surface area (TPSA) is 76.5 Å². The van der Waals surface area contributed by atoms with Gasteiger partial charge in [0.15, 0.2) is 0 Å². The van der Waals surface area contributed by atoms with E-state index >= 15 is 0 Å². The molecule has 2 heterocycles. The van der Waals surface area contributed by atoms with E-state index in [9.17, 15) is 8.42 Å². The summed E-state index contributed by atoms with van der Waals surface area (Å²) in [6, 6.07) is 1.54. The fourth-order valence-corrected chi connectivity index (χ4v) is 5.29. The second-order valence-corrected chi connectivity index (χ2v) is 8.99. The molecule has 2 N–H and O–H groups in total. The molecule has 0 aromatic carbocycles. The molecule has 108 valence electrons. The fourth-order valence-electron chi connectivity index (χ4n) is 2.20. The summed E-state index contributed by atoms with van der Waals surface area (Å²) in [5.41, 5.74) is 5.49. The van der Waals surface area contributed by atoms with Gasteiger partial charge in [0.05, 0.1) is 6.54 Å². The zero-order chi connectivity index (χ0) is 14.3. The number of sulfonamides is 1. The summed E-state index contributed by atoms with van der Waals surface area (Å²) < 4.78 is 32.1. The summed E-state index contributed by atoms with van der Waals surface area (Å²) in [5.74, 6) is 1.73. The molecule has 0 spiro atoms. The molecule has 5 nitrogen and oxygen atoms in total. The van der Waals surface area contributed by atoms with Gasteiger partial charge in [-0.1, -0.05) is 0 Å². The van der Waals surface area contributed by atoms with Crippen molar-refractivity contribution in [2.45, 2.75) is 37.0 Å². The Hall–Kier alpha value is -0.500. The van der Waals surface area contributed by atoms with Gasteiger partial charge in [-0.2, -0.15) is 16.1 Å². The minimum Gasteiger partial charge on any atom is -0.464 e. The van der Waals surface area contributed by atoms with Gasteiger partial charge in [0.25, 0.3) is 0 Å². The van der Waals surface area contributed by atoms with Gasteiger partial charge in [0.2, 0.25) is 10.0 Å². The van der Waals surface area contributed by atoms with Crippen molar-refractivity contribution >= 4 is 21.8 Å². The van der Waals surface area contributed by atoms with Crippen molar-refractivity contribution in [2.24, 2.45) is 5.73 Å². The van der Waals surface area contributed by atoms with Crippen molar-refractivity contribution in [3.05, 3.63) is 17.6 Å². The number of nitrogens with two attached hydrogens (primary N) is 1. The molecule has 0 saturated carbocycles. The molecule has 2 rings (SSSR count). The van der Waals surface area contributed by atoms with E-state index in [1.54, 1.807) is 29.1 Å². The standard InChI is InChI=1S/C12H20N2O3S2/c1-9-11(6-10(7-13)17-9)19(15,16)14-4-5-18-12(2,3)8-14/h6H,4-5,7-8,13H2,1-3H3. The molecule has 19 heavy (non-hydrogen) atoms. The van der Waals surface area contributed by atoms with E-state index in [1.807, 2.05) is 0 Å². The lowest BCUT2D eigenvalue weighted by atomic mass is 10.2. The number of rotatable bonds is 3. The lowest BCUT2D eigenvalue weighted by Crippen LogP contribution is -2.46. The molecule has 0 radical (unpaired) electrons. The zero-order valence-corrected chi connectivity index (χ0v) is 13.1. The van der Waals surface area contributed by atoms with E-state index in [1.165, 1.54) is 0 Å². The highest BCUT2D eigenvalue weighted by Crippen LogP contribution is 2.33. The van der Waals surface area contributed by atoms with E-state index in [0.717, 1.165) is 5.75 Å². The first-order valence-corrected chi connectivity index (χ1v) is 8.62. The maximum absolute atomic E-state index is 12.6. The Morgan fingerprint density at radius 2 is 2.21 bits per heavy atom. The van der Waals surface area contributed by atoms with Crippen LogP contribution < -0.4 is 5.73 Å². The molecule has 0 aliphatic carbocycles. The van der Waals surface area contributed by atoms with Crippen molar-refractivity contribution in [3.8, 4) is 0 Å². The van der Waals surface area contributed by atoms with Gasteiger partial charge in [-0.25, -0.2) is 8.42 Å². The third-order valence-corrected chi connectivity index (χ3v) is 6.38. The first kappa shape index (κ1) is 14.9. The SMILES string of the molecule is Cc1oc(CN)cc1S(=O)(=O)N1CCSC(C)(C)C1. The van der Waals surface area contributed by atoms with Crippen LogP contribution in [0.25, 0.3) is 0 Å². The van der Waals surface area contributed by atoms with Crippen LogP contribution in [0.5, 0.6) is 0 Å². The van der Waals surface area contributed by atoms with Gasteiger partial charge in [0.1, 0.15) is 16.4 Å². The minimum atomic E-state index is -3.48. The van der Waals surface area contributed by atoms with Crippen LogP contribution in [0.2, 0.25) is 0 Å². The van der Waals surface area contributed by atoms with Crippen molar-refractivity contribution in [1.29, 1.82) is 0 Å². The Labute approximate surface area is 118 Å². The summed E-state index contributed by atoms with van der Waals surface area (Å²) in [7, 11) is -3.48. The summed E-state index contributed by atoms with van der Waals surface area (Å²) in [6.45, 7) is 7.05. The number of furan rings is 1. The monoisotopic (exact) mass is 304 g/mol. The predicted octanol–water partition coefficient (Wildman–Crippen LogP) is 1.56. The molecule has 7 heteroatoms. The summed E-state index contributed by atoms with van der Waals surface area (Å²) in [6.07, 6.45) is 0. The summed E-state index contributed by atoms with van der Waals surface area (Å²) in [4.78, 5) is 0.246. The van der Waals surface area contributed by atoms with Crippen molar-refractivity contribution in [3.63, 3.8) is 0 Å². The third kappa shape index (κ3) is 2.99. The first-order chi connectivity index (χ1) is 8.76. The average Bonchev–Trinajstić information content (AvgIpc) is 2.70. The minimum absolute atomic E-state index is 0.0559. The van der Waals surface area contributed by atoms with Gasteiger partial charge in [-0.05, 0) is 20.8 Å². The molecule has 0 unspecified atom stereocenters. The van der Waals surface area contributed by atoms with Crippen LogP contribution >= 0.6 is 11.8 Å². The lowest BCUT2D eigenvalue weighted by Gasteiger charge is -2.36. The predicted molar refractivity (Wildman–Crippen MR) is 76.6 cm³/mol. The number of aryl methyl sites for hydroxylation is 1. The van der Waals surface area contributed by atoms with Crippen molar-refractivity contribution < 1.29 is 12.8 Å². The van der Waals surface area contributed by atoms with Gasteiger partial charge in [0, 0.05) is 29.7 Å². The highest BCUT2D eigenvalue weighted by Gasteiger charge is 2.36. The second-order valence-electron chi connectivity index (χ2n) is 5.28. The smallest absolute Gasteiger partial charge is 0.246 e. The highest BCUT2D eigenvalue weighted by molar-refractivity contribution is 8.00. The summed E-state index contributed by atoms with van der Waals surface area (Å²) in [5, 5.41) is 0. The number of hydrogen-bond donors (Lipinski definition) is 1. The van der Waals surface area contributed by atoms with Crippen LogP contribution in [-0.2, 0) is 16.6 Å². The largest absolute Gasteiger partial charge is 0.464 e. The Morgan fingerprint density at radius 3 is 2.74 bits per heavy atom. The highest BCUT2D eigenvalue weighted by atomic mass is 32.2. The fraction of sp³-hybridized carbons (Fsp3) is 0.667. The number of hydrogen-bond acceptors (Lipinski definition) is 5. The van der Waals surface area contributed by atoms with E-state index in [4.69, 9.17) is 10.2 Å². The van der Waals surface area contributed by atoms with Crippen molar-refractivity contribution in [1.82, 2.24) is 4.31 Å². The summed E-state index contributed by atoms with van der Waals surface area (Å²) >= 11 is 1.80. The van der Waals surface area contributed by atoms with E-state index in [-0.39, 0.29) is 16.2 Å². The van der Waals surface area contributed by atoms with Crippen LogP contribution in [0.1, 0.15) is 25.4 Å². The molecule has 1 saturated heterocycles. The van der Waals surface area contributed by atoms with E-state index in [2.05, 4.69) is 13.8 Å². The molecule has 1 aromatic rings. The molecule has 1 aliphatic rings. The van der Waals surface area contributed by atoms with E-state index < -0.39 is 10.0 Å². The average molecular weight is 304 g/mol. The van der Waals surface area contributed by atoms with Crippen LogP contribution in [-0.4, -0.2) is 36.3 Å². The van der Waals surface area contributed by atoms with Crippen LogP contribution in [0.4, 0.5) is 0 Å². The van der Waals surface area contributed by atoms with Gasteiger partial charge in [-0.3, -0.25) is 0 Å². The zero-order valence-electron chi connectivity index (χ0n) is 11.5. The Balaban J connectivity index is 2.34. The maximum atomic E-state index is 12.6. The van der Waals surface area contributed by atoms with Crippen molar-refractivity contribution in [2.75, 3.05) is 18.8 Å². The first-order valence-electron chi connectivity index (χ1n) is 6.20. The molecule has 0 amide bonds. The molecular weight excluding hydrogens is 284 g/mol. The normalized spacial score (nSPS) is 20.6.